The molecule has 6 rings (SSSR count). The molecule has 0 aliphatic rings. The summed E-state index contributed by atoms with van der Waals surface area (Å²) in [6, 6.07) is 21.7. The fourth-order valence-corrected chi connectivity index (χ4v) is 4.55. The van der Waals surface area contributed by atoms with Crippen molar-refractivity contribution in [2.24, 2.45) is 0 Å². The Balaban J connectivity index is 1.35. The molecule has 9 heteroatoms. The Hall–Kier alpha value is -4.37. The van der Waals surface area contributed by atoms with Gasteiger partial charge in [0.15, 0.2) is 11.6 Å². The third-order valence-corrected chi connectivity index (χ3v) is 6.32. The lowest BCUT2D eigenvalue weighted by atomic mass is 10.2. The van der Waals surface area contributed by atoms with E-state index < -0.39 is 0 Å². The van der Waals surface area contributed by atoms with E-state index in [9.17, 15) is 0 Å². The Morgan fingerprint density at radius 1 is 0.941 bits per heavy atom. The Labute approximate surface area is 198 Å². The van der Waals surface area contributed by atoms with Crippen molar-refractivity contribution in [2.75, 3.05) is 7.11 Å². The van der Waals surface area contributed by atoms with Crippen molar-refractivity contribution in [3.8, 4) is 17.3 Å². The highest BCUT2D eigenvalue weighted by atomic mass is 32.1. The molecule has 166 valence electrons. The summed E-state index contributed by atoms with van der Waals surface area (Å²) in [6.45, 7) is 0.471. The molecule has 0 N–H and O–H groups in total. The van der Waals surface area contributed by atoms with Crippen LogP contribution >= 0.6 is 11.3 Å². The zero-order valence-corrected chi connectivity index (χ0v) is 19.1. The molecule has 6 aromatic rings. The first-order valence-corrected chi connectivity index (χ1v) is 11.5. The van der Waals surface area contributed by atoms with Gasteiger partial charge in [0.2, 0.25) is 4.96 Å². The van der Waals surface area contributed by atoms with Gasteiger partial charge >= 0.3 is 0 Å². The number of hydrogen-bond acceptors (Lipinski definition) is 7. The van der Waals surface area contributed by atoms with Crippen LogP contribution in [0.15, 0.2) is 72.9 Å². The van der Waals surface area contributed by atoms with Gasteiger partial charge in [-0.3, -0.25) is 4.98 Å². The number of rotatable bonds is 6. The highest BCUT2D eigenvalue weighted by Gasteiger charge is 2.17. The second-order valence-corrected chi connectivity index (χ2v) is 8.57. The summed E-state index contributed by atoms with van der Waals surface area (Å²) < 4.78 is 9.13. The molecule has 4 heterocycles. The Morgan fingerprint density at radius 2 is 1.79 bits per heavy atom. The van der Waals surface area contributed by atoms with Gasteiger partial charge < -0.3 is 9.30 Å². The van der Waals surface area contributed by atoms with Crippen LogP contribution in [-0.4, -0.2) is 41.5 Å². The molecule has 0 radical (unpaired) electrons. The lowest BCUT2D eigenvalue weighted by Gasteiger charge is -2.07. The molecule has 0 aliphatic heterocycles. The van der Waals surface area contributed by atoms with Gasteiger partial charge in [-0.25, -0.2) is 4.98 Å². The van der Waals surface area contributed by atoms with Gasteiger partial charge in [0.25, 0.3) is 0 Å². The van der Waals surface area contributed by atoms with E-state index >= 15 is 0 Å². The summed E-state index contributed by atoms with van der Waals surface area (Å²) in [7, 11) is 1.66. The van der Waals surface area contributed by atoms with E-state index in [1.54, 1.807) is 17.8 Å². The number of fused-ring (bicyclic) bond motifs is 2. The molecular weight excluding hydrogens is 446 g/mol. The van der Waals surface area contributed by atoms with E-state index in [0.29, 0.717) is 6.54 Å². The second-order valence-electron chi connectivity index (χ2n) is 7.58. The molecule has 0 spiro atoms. The minimum Gasteiger partial charge on any atom is -0.497 e. The summed E-state index contributed by atoms with van der Waals surface area (Å²) in [6.07, 6.45) is 5.78. The third kappa shape index (κ3) is 3.71. The number of nitrogens with zero attached hydrogens (tertiary/aromatic N) is 7. The molecule has 0 amide bonds. The standard InChI is InChI=1S/C25H19N7OS/c1-33-18-12-9-17(10-13-18)11-14-23-30-32-22(28-29-25(32)34-23)16-31-21-8-3-2-6-19(21)27-24(31)20-7-4-5-15-26-20/h2-15H,16H2,1H3/b14-11+. The van der Waals surface area contributed by atoms with Crippen LogP contribution < -0.4 is 4.74 Å². The maximum Gasteiger partial charge on any atom is 0.235 e. The lowest BCUT2D eigenvalue weighted by molar-refractivity contribution is 0.415. The van der Waals surface area contributed by atoms with Crippen molar-refractivity contribution in [1.29, 1.82) is 0 Å². The molecule has 34 heavy (non-hydrogen) atoms. The molecule has 0 unspecified atom stereocenters. The number of imidazole rings is 1. The van der Waals surface area contributed by atoms with Crippen molar-refractivity contribution >= 4 is 39.5 Å². The topological polar surface area (TPSA) is 83.0 Å². The molecule has 4 aromatic heterocycles. The molecule has 8 nitrogen and oxygen atoms in total. The number of para-hydroxylation sites is 2. The van der Waals surface area contributed by atoms with Crippen molar-refractivity contribution < 1.29 is 4.74 Å². The van der Waals surface area contributed by atoms with Crippen LogP contribution in [-0.2, 0) is 6.54 Å². The molecule has 0 saturated heterocycles. The Bertz CT molecular complexity index is 1610. The average molecular weight is 466 g/mol. The average Bonchev–Trinajstić information content (AvgIpc) is 3.57. The predicted molar refractivity (Wildman–Crippen MR) is 133 cm³/mol. The second kappa shape index (κ2) is 8.53. The fraction of sp³-hybridized carbons (Fsp3) is 0.0800. The van der Waals surface area contributed by atoms with Crippen molar-refractivity contribution in [2.45, 2.75) is 6.54 Å². The molecule has 0 atom stereocenters. The lowest BCUT2D eigenvalue weighted by Crippen LogP contribution is -2.07. The number of pyridine rings is 1. The number of methoxy groups -OCH3 is 1. The Kier molecular flexibility index (Phi) is 5.08. The molecule has 0 saturated carbocycles. The third-order valence-electron chi connectivity index (χ3n) is 5.45. The first-order chi connectivity index (χ1) is 16.8. The molecule has 0 fully saturated rings. The van der Waals surface area contributed by atoms with Gasteiger partial charge in [-0.1, -0.05) is 47.7 Å². The number of benzene rings is 2. The zero-order chi connectivity index (χ0) is 22.9. The van der Waals surface area contributed by atoms with Gasteiger partial charge in [0, 0.05) is 6.20 Å². The summed E-state index contributed by atoms with van der Waals surface area (Å²) in [4.78, 5) is 10.1. The monoisotopic (exact) mass is 465 g/mol. The molecular formula is C25H19N7OS. The normalized spacial score (nSPS) is 11.7. The Morgan fingerprint density at radius 3 is 2.62 bits per heavy atom. The van der Waals surface area contributed by atoms with Gasteiger partial charge in [0.05, 0.1) is 24.7 Å². The van der Waals surface area contributed by atoms with Crippen molar-refractivity contribution in [3.05, 3.63) is 89.3 Å². The minimum absolute atomic E-state index is 0.471. The van der Waals surface area contributed by atoms with Crippen molar-refractivity contribution in [3.63, 3.8) is 0 Å². The zero-order valence-electron chi connectivity index (χ0n) is 18.2. The fourth-order valence-electron chi connectivity index (χ4n) is 3.79. The quantitative estimate of drug-likeness (QED) is 0.351. The highest BCUT2D eigenvalue weighted by Crippen LogP contribution is 2.25. The molecule has 2 aromatic carbocycles. The van der Waals surface area contributed by atoms with Crippen LogP contribution in [0.5, 0.6) is 5.75 Å². The van der Waals surface area contributed by atoms with E-state index in [0.717, 1.165) is 49.7 Å². The van der Waals surface area contributed by atoms with Gasteiger partial charge in [0.1, 0.15) is 16.5 Å². The predicted octanol–water partition coefficient (Wildman–Crippen LogP) is 4.82. The van der Waals surface area contributed by atoms with E-state index in [1.807, 2.05) is 72.8 Å². The maximum atomic E-state index is 5.22. The first-order valence-electron chi connectivity index (χ1n) is 10.7. The first kappa shape index (κ1) is 20.3. The molecule has 0 bridgehead atoms. The van der Waals surface area contributed by atoms with Crippen LogP contribution in [0.25, 0.3) is 39.7 Å². The maximum absolute atomic E-state index is 5.22. The molecule has 0 aliphatic carbocycles. The van der Waals surface area contributed by atoms with Crippen LogP contribution in [0.3, 0.4) is 0 Å². The number of hydrogen-bond donors (Lipinski definition) is 0. The summed E-state index contributed by atoms with van der Waals surface area (Å²) >= 11 is 1.49. The smallest absolute Gasteiger partial charge is 0.235 e. The van der Waals surface area contributed by atoms with E-state index in [-0.39, 0.29) is 0 Å². The van der Waals surface area contributed by atoms with E-state index in [4.69, 9.17) is 14.8 Å². The minimum atomic E-state index is 0.471. The summed E-state index contributed by atoms with van der Waals surface area (Å²) in [5.74, 6) is 2.35. The SMILES string of the molecule is COc1ccc(/C=C/c2nn3c(Cn4c(-c5ccccn5)nc5ccccc54)nnc3s2)cc1. The van der Waals surface area contributed by atoms with Crippen LogP contribution in [0.1, 0.15) is 16.4 Å². The number of ether oxygens (including phenoxy) is 1. The summed E-state index contributed by atoms with van der Waals surface area (Å²) in [5.41, 5.74) is 3.79. The van der Waals surface area contributed by atoms with Crippen LogP contribution in [0.2, 0.25) is 0 Å². The van der Waals surface area contributed by atoms with Gasteiger partial charge in [-0.15, -0.1) is 10.2 Å². The van der Waals surface area contributed by atoms with E-state index in [2.05, 4.69) is 25.8 Å². The van der Waals surface area contributed by atoms with E-state index in [1.165, 1.54) is 11.3 Å². The largest absolute Gasteiger partial charge is 0.497 e. The van der Waals surface area contributed by atoms with Crippen molar-refractivity contribution in [1.82, 2.24) is 34.3 Å². The number of aromatic nitrogens is 7. The highest BCUT2D eigenvalue weighted by molar-refractivity contribution is 7.17. The van der Waals surface area contributed by atoms with Gasteiger partial charge in [-0.05, 0) is 48.0 Å². The van der Waals surface area contributed by atoms with Crippen LogP contribution in [0.4, 0.5) is 0 Å². The van der Waals surface area contributed by atoms with Gasteiger partial charge in [-0.2, -0.15) is 9.61 Å². The summed E-state index contributed by atoms with van der Waals surface area (Å²) in [5, 5.41) is 14.3. The van der Waals surface area contributed by atoms with Crippen LogP contribution in [0, 0.1) is 0 Å².